The Morgan fingerprint density at radius 1 is 1.12 bits per heavy atom. The maximum atomic E-state index is 12.5. The van der Waals surface area contributed by atoms with E-state index in [-0.39, 0.29) is 11.9 Å². The number of likely N-dealkylation sites (tertiary alicyclic amines) is 1. The van der Waals surface area contributed by atoms with Crippen LogP contribution in [0, 0.1) is 5.92 Å². The minimum Gasteiger partial charge on any atom is -0.378 e. The molecular formula is C19H29N3O2. The zero-order valence-corrected chi connectivity index (χ0v) is 14.8. The summed E-state index contributed by atoms with van der Waals surface area (Å²) in [5.74, 6) is 0.868. The number of nitrogens with zero attached hydrogens (tertiary/aromatic N) is 2. The van der Waals surface area contributed by atoms with Gasteiger partial charge in [0.2, 0.25) is 5.91 Å². The van der Waals surface area contributed by atoms with Gasteiger partial charge in [0, 0.05) is 24.5 Å². The molecule has 0 bridgehead atoms. The minimum absolute atomic E-state index is 0.0728. The summed E-state index contributed by atoms with van der Waals surface area (Å²) in [6.45, 7) is 9.75. The van der Waals surface area contributed by atoms with Crippen molar-refractivity contribution < 1.29 is 9.53 Å². The van der Waals surface area contributed by atoms with E-state index in [1.807, 2.05) is 19.1 Å². The molecule has 0 aromatic heterocycles. The number of benzene rings is 1. The number of hydrogen-bond acceptors (Lipinski definition) is 4. The van der Waals surface area contributed by atoms with Crippen LogP contribution in [0.25, 0.3) is 0 Å². The van der Waals surface area contributed by atoms with E-state index in [0.29, 0.717) is 0 Å². The number of piperidine rings is 1. The smallest absolute Gasteiger partial charge is 0.241 e. The van der Waals surface area contributed by atoms with Crippen LogP contribution in [0.4, 0.5) is 11.4 Å². The molecule has 1 amide bonds. The quantitative estimate of drug-likeness (QED) is 0.921. The SMILES string of the molecule is CC1CCN([C@@H](C)C(=O)Nc2ccc(N3CCOCC3)cc2)CC1. The first kappa shape index (κ1) is 17.2. The molecule has 2 heterocycles. The van der Waals surface area contributed by atoms with Crippen molar-refractivity contribution in [1.29, 1.82) is 0 Å². The molecule has 0 radical (unpaired) electrons. The number of carbonyl (C=O) groups is 1. The molecule has 2 aliphatic rings. The maximum absolute atomic E-state index is 12.5. The van der Waals surface area contributed by atoms with E-state index in [9.17, 15) is 4.79 Å². The molecule has 2 saturated heterocycles. The number of carbonyl (C=O) groups excluding carboxylic acids is 1. The van der Waals surface area contributed by atoms with Gasteiger partial charge in [-0.05, 0) is 63.0 Å². The van der Waals surface area contributed by atoms with Crippen LogP contribution in [0.3, 0.4) is 0 Å². The third kappa shape index (κ3) is 4.28. The summed E-state index contributed by atoms with van der Waals surface area (Å²) >= 11 is 0. The molecule has 2 fully saturated rings. The molecule has 5 heteroatoms. The van der Waals surface area contributed by atoms with Gasteiger partial charge in [0.1, 0.15) is 0 Å². The molecular weight excluding hydrogens is 302 g/mol. The summed E-state index contributed by atoms with van der Waals surface area (Å²) in [7, 11) is 0. The molecule has 0 saturated carbocycles. The van der Waals surface area contributed by atoms with E-state index in [1.165, 1.54) is 18.5 Å². The fraction of sp³-hybridized carbons (Fsp3) is 0.632. The molecule has 5 nitrogen and oxygen atoms in total. The van der Waals surface area contributed by atoms with Crippen LogP contribution in [-0.2, 0) is 9.53 Å². The molecule has 24 heavy (non-hydrogen) atoms. The fourth-order valence-corrected chi connectivity index (χ4v) is 3.41. The molecule has 2 aliphatic heterocycles. The summed E-state index contributed by atoms with van der Waals surface area (Å²) in [6.07, 6.45) is 2.37. The lowest BCUT2D eigenvalue weighted by atomic mass is 9.98. The molecule has 0 spiro atoms. The van der Waals surface area contributed by atoms with E-state index >= 15 is 0 Å². The summed E-state index contributed by atoms with van der Waals surface area (Å²) in [6, 6.07) is 8.07. The molecule has 1 N–H and O–H groups in total. The Labute approximate surface area is 145 Å². The molecule has 132 valence electrons. The van der Waals surface area contributed by atoms with Gasteiger partial charge in [0.25, 0.3) is 0 Å². The average Bonchev–Trinajstić information content (AvgIpc) is 2.63. The Kier molecular flexibility index (Phi) is 5.74. The van der Waals surface area contributed by atoms with Crippen molar-refractivity contribution in [3.05, 3.63) is 24.3 Å². The van der Waals surface area contributed by atoms with Gasteiger partial charge >= 0.3 is 0 Å². The molecule has 3 rings (SSSR count). The van der Waals surface area contributed by atoms with Gasteiger partial charge in [0.05, 0.1) is 19.3 Å². The topological polar surface area (TPSA) is 44.8 Å². The second kappa shape index (κ2) is 7.99. The monoisotopic (exact) mass is 331 g/mol. The highest BCUT2D eigenvalue weighted by atomic mass is 16.5. The summed E-state index contributed by atoms with van der Waals surface area (Å²) < 4.78 is 5.38. The Morgan fingerprint density at radius 3 is 2.38 bits per heavy atom. The largest absolute Gasteiger partial charge is 0.378 e. The highest BCUT2D eigenvalue weighted by molar-refractivity contribution is 5.94. The van der Waals surface area contributed by atoms with Crippen molar-refractivity contribution in [2.75, 3.05) is 49.6 Å². The van der Waals surface area contributed by atoms with E-state index in [2.05, 4.69) is 34.2 Å². The molecule has 1 atom stereocenters. The van der Waals surface area contributed by atoms with Crippen LogP contribution in [0.15, 0.2) is 24.3 Å². The number of hydrogen-bond donors (Lipinski definition) is 1. The Balaban J connectivity index is 1.54. The molecule has 1 aromatic carbocycles. The van der Waals surface area contributed by atoms with Crippen molar-refractivity contribution in [2.45, 2.75) is 32.7 Å². The van der Waals surface area contributed by atoms with E-state index < -0.39 is 0 Å². The molecule has 0 aliphatic carbocycles. The average molecular weight is 331 g/mol. The van der Waals surface area contributed by atoms with Crippen molar-refractivity contribution >= 4 is 17.3 Å². The number of ether oxygens (including phenoxy) is 1. The fourth-order valence-electron chi connectivity index (χ4n) is 3.41. The summed E-state index contributed by atoms with van der Waals surface area (Å²) in [5, 5.41) is 3.06. The van der Waals surface area contributed by atoms with Gasteiger partial charge in [0.15, 0.2) is 0 Å². The minimum atomic E-state index is -0.0728. The molecule has 0 unspecified atom stereocenters. The lowest BCUT2D eigenvalue weighted by Crippen LogP contribution is -2.45. The number of amides is 1. The third-order valence-electron chi connectivity index (χ3n) is 5.26. The van der Waals surface area contributed by atoms with Gasteiger partial charge in [-0.15, -0.1) is 0 Å². The predicted octanol–water partition coefficient (Wildman–Crippen LogP) is 2.58. The van der Waals surface area contributed by atoms with Crippen molar-refractivity contribution in [2.24, 2.45) is 5.92 Å². The highest BCUT2D eigenvalue weighted by Gasteiger charge is 2.25. The van der Waals surface area contributed by atoms with Crippen molar-refractivity contribution in [3.63, 3.8) is 0 Å². The third-order valence-corrected chi connectivity index (χ3v) is 5.26. The Morgan fingerprint density at radius 2 is 1.75 bits per heavy atom. The standard InChI is InChI=1S/C19H29N3O2/c1-15-7-9-21(10-8-15)16(2)19(23)20-17-3-5-18(6-4-17)22-11-13-24-14-12-22/h3-6,15-16H,7-14H2,1-2H3,(H,20,23)/t16-/m0/s1. The van der Waals surface area contributed by atoms with Crippen LogP contribution in [0.5, 0.6) is 0 Å². The van der Waals surface area contributed by atoms with Crippen LogP contribution in [-0.4, -0.2) is 56.2 Å². The number of rotatable bonds is 4. The zero-order valence-electron chi connectivity index (χ0n) is 14.8. The first-order valence-corrected chi connectivity index (χ1v) is 9.11. The molecule has 1 aromatic rings. The second-order valence-electron chi connectivity index (χ2n) is 7.03. The van der Waals surface area contributed by atoms with E-state index in [4.69, 9.17) is 4.74 Å². The zero-order chi connectivity index (χ0) is 16.9. The first-order valence-electron chi connectivity index (χ1n) is 9.11. The van der Waals surface area contributed by atoms with Crippen LogP contribution in [0.1, 0.15) is 26.7 Å². The highest BCUT2D eigenvalue weighted by Crippen LogP contribution is 2.21. The van der Waals surface area contributed by atoms with Crippen LogP contribution in [0.2, 0.25) is 0 Å². The number of morpholine rings is 1. The van der Waals surface area contributed by atoms with Gasteiger partial charge in [-0.2, -0.15) is 0 Å². The summed E-state index contributed by atoms with van der Waals surface area (Å²) in [5.41, 5.74) is 2.06. The maximum Gasteiger partial charge on any atom is 0.241 e. The Hall–Kier alpha value is -1.59. The lowest BCUT2D eigenvalue weighted by molar-refractivity contribution is -0.121. The van der Waals surface area contributed by atoms with Gasteiger partial charge in [-0.25, -0.2) is 0 Å². The van der Waals surface area contributed by atoms with Gasteiger partial charge < -0.3 is 15.0 Å². The Bertz CT molecular complexity index is 532. The van der Waals surface area contributed by atoms with E-state index in [0.717, 1.165) is 51.0 Å². The van der Waals surface area contributed by atoms with Crippen LogP contribution < -0.4 is 10.2 Å². The van der Waals surface area contributed by atoms with Crippen molar-refractivity contribution in [3.8, 4) is 0 Å². The number of anilines is 2. The first-order chi connectivity index (χ1) is 11.6. The normalized spacial score (nSPS) is 21.5. The predicted molar refractivity (Wildman–Crippen MR) is 97.5 cm³/mol. The van der Waals surface area contributed by atoms with Gasteiger partial charge in [-0.1, -0.05) is 6.92 Å². The van der Waals surface area contributed by atoms with Crippen molar-refractivity contribution in [1.82, 2.24) is 4.90 Å². The second-order valence-corrected chi connectivity index (χ2v) is 7.03. The van der Waals surface area contributed by atoms with Gasteiger partial charge in [-0.3, -0.25) is 9.69 Å². The lowest BCUT2D eigenvalue weighted by Gasteiger charge is -2.34. The number of nitrogens with one attached hydrogen (secondary N) is 1. The van der Waals surface area contributed by atoms with Crippen LogP contribution >= 0.6 is 0 Å². The summed E-state index contributed by atoms with van der Waals surface area (Å²) in [4.78, 5) is 17.1. The van der Waals surface area contributed by atoms with E-state index in [1.54, 1.807) is 0 Å².